The number of hydrogen-bond acceptors (Lipinski definition) is 1. The van der Waals surface area contributed by atoms with E-state index in [1.165, 1.54) is 82.2 Å². The first-order chi connectivity index (χ1) is 23.8. The SMILES string of the molecule is c1ccc(-c2ccc(-c3cc4c5cc6ccccc6cc5n5c4c(c3)n3c4cc6ccccc6cc4nc35)c(-c3ccccc3)c2)cc1. The predicted octanol–water partition coefficient (Wildman–Crippen LogP) is 11.8. The first-order valence-electron chi connectivity index (χ1n) is 16.5. The molecule has 0 unspecified atom stereocenters. The van der Waals surface area contributed by atoms with Crippen molar-refractivity contribution in [2.24, 2.45) is 0 Å². The van der Waals surface area contributed by atoms with Crippen LogP contribution < -0.4 is 0 Å². The Morgan fingerprint density at radius 3 is 1.71 bits per heavy atom. The van der Waals surface area contributed by atoms with Gasteiger partial charge in [0, 0.05) is 10.8 Å². The molecule has 48 heavy (non-hydrogen) atoms. The summed E-state index contributed by atoms with van der Waals surface area (Å²) in [6.07, 6.45) is 0. The van der Waals surface area contributed by atoms with Crippen molar-refractivity contribution in [3.8, 4) is 33.4 Å². The Morgan fingerprint density at radius 1 is 0.354 bits per heavy atom. The number of benzene rings is 8. The van der Waals surface area contributed by atoms with E-state index in [4.69, 9.17) is 4.98 Å². The topological polar surface area (TPSA) is 21.7 Å². The highest BCUT2D eigenvalue weighted by Crippen LogP contribution is 2.43. The fraction of sp³-hybridized carbons (Fsp3) is 0. The molecule has 0 saturated carbocycles. The van der Waals surface area contributed by atoms with Crippen molar-refractivity contribution in [1.29, 1.82) is 0 Å². The third-order valence-electron chi connectivity index (χ3n) is 10.2. The number of aromatic nitrogens is 3. The molecule has 0 aliphatic heterocycles. The molecule has 3 aromatic heterocycles. The zero-order valence-electron chi connectivity index (χ0n) is 25.9. The van der Waals surface area contributed by atoms with Crippen LogP contribution in [0.3, 0.4) is 0 Å². The number of imidazole rings is 2. The van der Waals surface area contributed by atoms with Gasteiger partial charge >= 0.3 is 0 Å². The van der Waals surface area contributed by atoms with Crippen molar-refractivity contribution >= 4 is 65.7 Å². The summed E-state index contributed by atoms with van der Waals surface area (Å²) in [6.45, 7) is 0. The van der Waals surface area contributed by atoms with Crippen molar-refractivity contribution in [2.45, 2.75) is 0 Å². The fourth-order valence-corrected chi connectivity index (χ4v) is 7.94. The van der Waals surface area contributed by atoms with Crippen molar-refractivity contribution in [3.63, 3.8) is 0 Å². The number of rotatable bonds is 3. The van der Waals surface area contributed by atoms with Crippen LogP contribution in [0.4, 0.5) is 0 Å². The second kappa shape index (κ2) is 9.54. The van der Waals surface area contributed by atoms with Gasteiger partial charge in [-0.3, -0.25) is 8.80 Å². The summed E-state index contributed by atoms with van der Waals surface area (Å²) in [6, 6.07) is 59.6. The molecule has 0 aliphatic rings. The second-order valence-corrected chi connectivity index (χ2v) is 12.9. The first-order valence-corrected chi connectivity index (χ1v) is 16.5. The summed E-state index contributed by atoms with van der Waals surface area (Å²) in [5.74, 6) is 0.949. The van der Waals surface area contributed by atoms with Crippen molar-refractivity contribution in [2.75, 3.05) is 0 Å². The molecule has 0 N–H and O–H groups in total. The fourth-order valence-electron chi connectivity index (χ4n) is 7.94. The summed E-state index contributed by atoms with van der Waals surface area (Å²) in [7, 11) is 0. The predicted molar refractivity (Wildman–Crippen MR) is 201 cm³/mol. The van der Waals surface area contributed by atoms with Gasteiger partial charge in [-0.05, 0) is 97.4 Å². The maximum atomic E-state index is 5.32. The highest BCUT2D eigenvalue weighted by Gasteiger charge is 2.23. The van der Waals surface area contributed by atoms with Crippen LogP contribution in [0.2, 0.25) is 0 Å². The van der Waals surface area contributed by atoms with Crippen molar-refractivity contribution in [3.05, 3.63) is 164 Å². The molecule has 0 saturated heterocycles. The van der Waals surface area contributed by atoms with Crippen LogP contribution in [0.15, 0.2) is 164 Å². The van der Waals surface area contributed by atoms with Gasteiger partial charge in [0.05, 0.1) is 27.6 Å². The van der Waals surface area contributed by atoms with Gasteiger partial charge in [-0.2, -0.15) is 0 Å². The zero-order chi connectivity index (χ0) is 31.3. The monoisotopic (exact) mass is 609 g/mol. The lowest BCUT2D eigenvalue weighted by Gasteiger charge is -2.14. The summed E-state index contributed by atoms with van der Waals surface area (Å²) in [5.41, 5.74) is 13.0. The molecule has 11 rings (SSSR count). The molecule has 8 aromatic carbocycles. The lowest BCUT2D eigenvalue weighted by atomic mass is 9.90. The van der Waals surface area contributed by atoms with Gasteiger partial charge in [0.25, 0.3) is 0 Å². The molecule has 0 fully saturated rings. The Bertz CT molecular complexity index is 3040. The minimum atomic E-state index is 0.949. The van der Waals surface area contributed by atoms with Gasteiger partial charge in [-0.25, -0.2) is 4.98 Å². The van der Waals surface area contributed by atoms with Gasteiger partial charge in [0.1, 0.15) is 0 Å². The van der Waals surface area contributed by atoms with Crippen LogP contribution in [0.25, 0.3) is 99.1 Å². The molecule has 0 amide bonds. The number of nitrogens with zero attached hydrogens (tertiary/aromatic N) is 3. The smallest absolute Gasteiger partial charge is 0.220 e. The first kappa shape index (κ1) is 25.7. The van der Waals surface area contributed by atoms with Crippen LogP contribution in [0.1, 0.15) is 0 Å². The molecule has 0 bridgehead atoms. The normalized spacial score (nSPS) is 12.2. The Kier molecular flexibility index (Phi) is 5.11. The molecular formula is C45H27N3. The minimum absolute atomic E-state index is 0.949. The van der Waals surface area contributed by atoms with Crippen molar-refractivity contribution in [1.82, 2.24) is 13.8 Å². The van der Waals surface area contributed by atoms with E-state index in [2.05, 4.69) is 173 Å². The van der Waals surface area contributed by atoms with Gasteiger partial charge < -0.3 is 0 Å². The summed E-state index contributed by atoms with van der Waals surface area (Å²) in [4.78, 5) is 5.32. The van der Waals surface area contributed by atoms with Gasteiger partial charge in [0.15, 0.2) is 0 Å². The van der Waals surface area contributed by atoms with E-state index >= 15 is 0 Å². The largest absolute Gasteiger partial charge is 0.277 e. The Labute approximate surface area is 275 Å². The van der Waals surface area contributed by atoms with E-state index in [0.29, 0.717) is 0 Å². The Balaban J connectivity index is 1.29. The van der Waals surface area contributed by atoms with E-state index in [0.717, 1.165) is 16.8 Å². The van der Waals surface area contributed by atoms with E-state index in [-0.39, 0.29) is 0 Å². The lowest BCUT2D eigenvalue weighted by Crippen LogP contribution is -1.89. The maximum absolute atomic E-state index is 5.32. The van der Waals surface area contributed by atoms with Crippen LogP contribution in [-0.2, 0) is 0 Å². The summed E-state index contributed by atoms with van der Waals surface area (Å²) >= 11 is 0. The molecular weight excluding hydrogens is 583 g/mol. The highest BCUT2D eigenvalue weighted by atomic mass is 15.2. The van der Waals surface area contributed by atoms with Gasteiger partial charge in [0.2, 0.25) is 5.78 Å². The zero-order valence-corrected chi connectivity index (χ0v) is 25.9. The second-order valence-electron chi connectivity index (χ2n) is 12.9. The molecule has 11 aromatic rings. The summed E-state index contributed by atoms with van der Waals surface area (Å²) < 4.78 is 4.76. The van der Waals surface area contributed by atoms with Crippen LogP contribution in [0, 0.1) is 0 Å². The third-order valence-corrected chi connectivity index (χ3v) is 10.2. The molecule has 0 radical (unpaired) electrons. The molecule has 0 aliphatic carbocycles. The number of fused-ring (bicyclic) bond motifs is 10. The molecule has 0 spiro atoms. The molecule has 0 atom stereocenters. The Hall–Kier alpha value is -6.45. The van der Waals surface area contributed by atoms with E-state index in [1.807, 2.05) is 0 Å². The average molecular weight is 610 g/mol. The lowest BCUT2D eigenvalue weighted by molar-refractivity contribution is 1.22. The average Bonchev–Trinajstić information content (AvgIpc) is 3.78. The van der Waals surface area contributed by atoms with E-state index in [9.17, 15) is 0 Å². The van der Waals surface area contributed by atoms with Gasteiger partial charge in [-0.15, -0.1) is 0 Å². The van der Waals surface area contributed by atoms with E-state index < -0.39 is 0 Å². The molecule has 222 valence electrons. The van der Waals surface area contributed by atoms with Crippen molar-refractivity contribution < 1.29 is 0 Å². The maximum Gasteiger partial charge on any atom is 0.220 e. The van der Waals surface area contributed by atoms with Crippen LogP contribution in [-0.4, -0.2) is 13.8 Å². The Morgan fingerprint density at radius 2 is 0.979 bits per heavy atom. The van der Waals surface area contributed by atoms with E-state index in [1.54, 1.807) is 0 Å². The highest BCUT2D eigenvalue weighted by molar-refractivity contribution is 6.20. The molecule has 3 heterocycles. The molecule has 3 nitrogen and oxygen atoms in total. The minimum Gasteiger partial charge on any atom is -0.277 e. The standard InChI is InChI=1S/C45H27N3/c1-3-11-28(12-4-1)34-19-20-36(37(21-34)29-13-5-2-6-14-29)35-23-39-38-22-30-15-7-9-17-32(30)25-41(38)48-44(39)43(27-35)47-42-26-33-18-10-8-16-31(33)24-40(42)46-45(47)48/h1-27H. The third kappa shape index (κ3) is 3.56. The number of hydrogen-bond donors (Lipinski definition) is 0. The molecule has 3 heteroatoms. The van der Waals surface area contributed by atoms with Crippen LogP contribution in [0.5, 0.6) is 0 Å². The van der Waals surface area contributed by atoms with Crippen LogP contribution >= 0.6 is 0 Å². The van der Waals surface area contributed by atoms with Gasteiger partial charge in [-0.1, -0.05) is 121 Å². The quantitative estimate of drug-likeness (QED) is 0.195. The summed E-state index contributed by atoms with van der Waals surface area (Å²) in [5, 5.41) is 7.39.